The van der Waals surface area contributed by atoms with Crippen molar-refractivity contribution in [2.75, 3.05) is 33.4 Å². The van der Waals surface area contributed by atoms with Gasteiger partial charge >= 0.3 is 0 Å². The van der Waals surface area contributed by atoms with Gasteiger partial charge < -0.3 is 15.4 Å². The molecule has 1 saturated heterocycles. The molecular weight excluding hydrogens is 236 g/mol. The molecule has 19 heavy (non-hydrogen) atoms. The maximum absolute atomic E-state index is 6.09. The topological polar surface area (TPSA) is 38.5 Å². The number of nitrogens with zero attached hydrogens (tertiary/aromatic N) is 1. The number of likely N-dealkylation sites (N-methyl/N-ethyl adjacent to an activating group) is 1. The maximum Gasteiger partial charge on any atom is 0.0469 e. The zero-order valence-electron chi connectivity index (χ0n) is 12.8. The van der Waals surface area contributed by atoms with E-state index in [9.17, 15) is 0 Å². The molecule has 2 fully saturated rings. The SMILES string of the molecule is CC1CCCC(C(CN)N(C)CC2CCOCC2)C1. The van der Waals surface area contributed by atoms with Crippen molar-refractivity contribution in [1.82, 2.24) is 4.90 Å². The lowest BCUT2D eigenvalue weighted by atomic mass is 9.78. The molecule has 0 bridgehead atoms. The molecule has 112 valence electrons. The molecule has 3 heteroatoms. The van der Waals surface area contributed by atoms with Gasteiger partial charge in [0, 0.05) is 32.3 Å². The quantitative estimate of drug-likeness (QED) is 0.832. The first-order valence-corrected chi connectivity index (χ1v) is 8.18. The fourth-order valence-corrected chi connectivity index (χ4v) is 4.03. The Kier molecular flexibility index (Phi) is 6.11. The van der Waals surface area contributed by atoms with Crippen LogP contribution in [0.3, 0.4) is 0 Å². The van der Waals surface area contributed by atoms with Crippen molar-refractivity contribution in [3.8, 4) is 0 Å². The number of hydrogen-bond acceptors (Lipinski definition) is 3. The van der Waals surface area contributed by atoms with Crippen LogP contribution in [0.2, 0.25) is 0 Å². The first kappa shape index (κ1) is 15.3. The molecule has 2 N–H and O–H groups in total. The van der Waals surface area contributed by atoms with E-state index in [1.165, 1.54) is 45.1 Å². The Morgan fingerprint density at radius 1 is 1.21 bits per heavy atom. The molecule has 0 amide bonds. The second-order valence-corrected chi connectivity index (χ2v) is 6.83. The molecule has 3 unspecified atom stereocenters. The molecule has 0 spiro atoms. The molecule has 1 saturated carbocycles. The van der Waals surface area contributed by atoms with Gasteiger partial charge in [-0.05, 0) is 50.5 Å². The summed E-state index contributed by atoms with van der Waals surface area (Å²) in [5, 5.41) is 0. The smallest absolute Gasteiger partial charge is 0.0469 e. The number of rotatable bonds is 5. The molecule has 2 rings (SSSR count). The van der Waals surface area contributed by atoms with Gasteiger partial charge in [0.15, 0.2) is 0 Å². The molecule has 1 aliphatic heterocycles. The van der Waals surface area contributed by atoms with Crippen LogP contribution in [0.1, 0.15) is 45.4 Å². The summed E-state index contributed by atoms with van der Waals surface area (Å²) in [7, 11) is 2.28. The standard InChI is InChI=1S/C16H32N2O/c1-13-4-3-5-15(10-13)16(11-17)18(2)12-14-6-8-19-9-7-14/h13-16H,3-12,17H2,1-2H3. The molecule has 3 atom stereocenters. The number of hydrogen-bond donors (Lipinski definition) is 1. The summed E-state index contributed by atoms with van der Waals surface area (Å²) in [6.45, 7) is 6.32. The van der Waals surface area contributed by atoms with Crippen molar-refractivity contribution >= 4 is 0 Å². The van der Waals surface area contributed by atoms with Crippen molar-refractivity contribution < 1.29 is 4.74 Å². The molecule has 1 heterocycles. The predicted octanol–water partition coefficient (Wildman–Crippen LogP) is 2.50. The second kappa shape index (κ2) is 7.61. The second-order valence-electron chi connectivity index (χ2n) is 6.83. The van der Waals surface area contributed by atoms with Gasteiger partial charge in [-0.3, -0.25) is 0 Å². The fourth-order valence-electron chi connectivity index (χ4n) is 4.03. The summed E-state index contributed by atoms with van der Waals surface area (Å²) in [4.78, 5) is 2.55. The summed E-state index contributed by atoms with van der Waals surface area (Å²) >= 11 is 0. The van der Waals surface area contributed by atoms with Gasteiger partial charge in [-0.2, -0.15) is 0 Å². The third kappa shape index (κ3) is 4.44. The Morgan fingerprint density at radius 2 is 1.95 bits per heavy atom. The van der Waals surface area contributed by atoms with Crippen LogP contribution in [0.5, 0.6) is 0 Å². The van der Waals surface area contributed by atoms with Crippen LogP contribution in [-0.4, -0.2) is 44.3 Å². The van der Waals surface area contributed by atoms with Gasteiger partial charge in [-0.15, -0.1) is 0 Å². The monoisotopic (exact) mass is 268 g/mol. The predicted molar refractivity (Wildman–Crippen MR) is 80.1 cm³/mol. The molecule has 1 aliphatic carbocycles. The normalized spacial score (nSPS) is 31.6. The van der Waals surface area contributed by atoms with Crippen molar-refractivity contribution in [3.63, 3.8) is 0 Å². The summed E-state index contributed by atoms with van der Waals surface area (Å²) in [5.74, 6) is 2.52. The zero-order valence-corrected chi connectivity index (χ0v) is 12.8. The Labute approximate surface area is 118 Å². The fraction of sp³-hybridized carbons (Fsp3) is 1.00. The van der Waals surface area contributed by atoms with Crippen LogP contribution < -0.4 is 5.73 Å². The first-order chi connectivity index (χ1) is 9.20. The maximum atomic E-state index is 6.09. The average Bonchev–Trinajstić information content (AvgIpc) is 2.41. The van der Waals surface area contributed by atoms with E-state index >= 15 is 0 Å². The van der Waals surface area contributed by atoms with Gasteiger partial charge in [0.1, 0.15) is 0 Å². The van der Waals surface area contributed by atoms with E-state index in [0.717, 1.165) is 37.5 Å². The summed E-state index contributed by atoms with van der Waals surface area (Å²) < 4.78 is 5.46. The zero-order chi connectivity index (χ0) is 13.7. The lowest BCUT2D eigenvalue weighted by molar-refractivity contribution is 0.0416. The van der Waals surface area contributed by atoms with E-state index in [2.05, 4.69) is 18.9 Å². The van der Waals surface area contributed by atoms with Crippen LogP contribution >= 0.6 is 0 Å². The highest BCUT2D eigenvalue weighted by atomic mass is 16.5. The van der Waals surface area contributed by atoms with Crippen molar-refractivity contribution in [2.45, 2.75) is 51.5 Å². The minimum absolute atomic E-state index is 0.589. The molecule has 0 radical (unpaired) electrons. The van der Waals surface area contributed by atoms with E-state index in [4.69, 9.17) is 10.5 Å². The van der Waals surface area contributed by atoms with Gasteiger partial charge in [0.05, 0.1) is 0 Å². The highest BCUT2D eigenvalue weighted by Crippen LogP contribution is 2.32. The van der Waals surface area contributed by atoms with E-state index in [0.29, 0.717) is 6.04 Å². The molecule has 0 aromatic rings. The van der Waals surface area contributed by atoms with Gasteiger partial charge in [-0.25, -0.2) is 0 Å². The minimum atomic E-state index is 0.589. The molecule has 0 aromatic heterocycles. The molecule has 2 aliphatic rings. The molecule has 3 nitrogen and oxygen atoms in total. The third-order valence-electron chi connectivity index (χ3n) is 5.22. The molecule has 0 aromatic carbocycles. The van der Waals surface area contributed by atoms with E-state index in [1.807, 2.05) is 0 Å². The highest BCUT2D eigenvalue weighted by molar-refractivity contribution is 4.84. The highest BCUT2D eigenvalue weighted by Gasteiger charge is 2.29. The number of nitrogens with two attached hydrogens (primary N) is 1. The lowest BCUT2D eigenvalue weighted by Gasteiger charge is -2.39. The van der Waals surface area contributed by atoms with Crippen LogP contribution in [-0.2, 0) is 4.74 Å². The largest absolute Gasteiger partial charge is 0.381 e. The first-order valence-electron chi connectivity index (χ1n) is 8.18. The third-order valence-corrected chi connectivity index (χ3v) is 5.22. The van der Waals surface area contributed by atoms with Crippen LogP contribution in [0.4, 0.5) is 0 Å². The number of ether oxygens (including phenoxy) is 1. The van der Waals surface area contributed by atoms with E-state index in [-0.39, 0.29) is 0 Å². The van der Waals surface area contributed by atoms with Gasteiger partial charge in [0.25, 0.3) is 0 Å². The van der Waals surface area contributed by atoms with Crippen LogP contribution in [0.15, 0.2) is 0 Å². The summed E-state index contributed by atoms with van der Waals surface area (Å²) in [5.41, 5.74) is 6.09. The van der Waals surface area contributed by atoms with E-state index in [1.54, 1.807) is 0 Å². The van der Waals surface area contributed by atoms with Crippen molar-refractivity contribution in [1.29, 1.82) is 0 Å². The minimum Gasteiger partial charge on any atom is -0.381 e. The van der Waals surface area contributed by atoms with Crippen molar-refractivity contribution in [3.05, 3.63) is 0 Å². The summed E-state index contributed by atoms with van der Waals surface area (Å²) in [6, 6.07) is 0.589. The van der Waals surface area contributed by atoms with E-state index < -0.39 is 0 Å². The molecular formula is C16H32N2O. The van der Waals surface area contributed by atoms with Crippen LogP contribution in [0.25, 0.3) is 0 Å². The Hall–Kier alpha value is -0.120. The van der Waals surface area contributed by atoms with Gasteiger partial charge in [-0.1, -0.05) is 19.8 Å². The Balaban J connectivity index is 1.84. The Bertz CT molecular complexity index is 253. The Morgan fingerprint density at radius 3 is 2.58 bits per heavy atom. The average molecular weight is 268 g/mol. The lowest BCUT2D eigenvalue weighted by Crippen LogP contribution is -2.47. The van der Waals surface area contributed by atoms with Crippen molar-refractivity contribution in [2.24, 2.45) is 23.5 Å². The van der Waals surface area contributed by atoms with Crippen LogP contribution in [0, 0.1) is 17.8 Å². The van der Waals surface area contributed by atoms with Gasteiger partial charge in [0.2, 0.25) is 0 Å². The summed E-state index contributed by atoms with van der Waals surface area (Å²) in [6.07, 6.45) is 8.01.